The summed E-state index contributed by atoms with van der Waals surface area (Å²) < 4.78 is 5.08. The second kappa shape index (κ2) is 28.3. The molecule has 1 aliphatic heterocycles. The van der Waals surface area contributed by atoms with E-state index >= 15 is 0 Å². The van der Waals surface area contributed by atoms with Crippen LogP contribution in [0.25, 0.3) is 10.9 Å². The van der Waals surface area contributed by atoms with E-state index in [-0.39, 0.29) is 61.5 Å². The van der Waals surface area contributed by atoms with E-state index in [1.54, 1.807) is 0 Å². The highest BCUT2D eigenvalue weighted by molar-refractivity contribution is 5.96. The van der Waals surface area contributed by atoms with E-state index in [0.29, 0.717) is 37.9 Å². The molecular weight excluding hydrogens is 899 g/mol. The Kier molecular flexibility index (Phi) is 23.0. The Balaban J connectivity index is 1.32. The molecule has 10 unspecified atom stereocenters. The van der Waals surface area contributed by atoms with Gasteiger partial charge < -0.3 is 61.9 Å². The van der Waals surface area contributed by atoms with Gasteiger partial charge in [-0.1, -0.05) is 45.4 Å². The van der Waals surface area contributed by atoms with Crippen LogP contribution < -0.4 is 27.2 Å². The van der Waals surface area contributed by atoms with Crippen LogP contribution in [-0.4, -0.2) is 157 Å². The molecule has 0 bridgehead atoms. The number of benzene rings is 1. The summed E-state index contributed by atoms with van der Waals surface area (Å²) >= 11 is 0. The van der Waals surface area contributed by atoms with Crippen molar-refractivity contribution in [1.29, 1.82) is 0 Å². The Morgan fingerprint density at radius 2 is 1.65 bits per heavy atom. The van der Waals surface area contributed by atoms with E-state index in [2.05, 4.69) is 41.4 Å². The summed E-state index contributed by atoms with van der Waals surface area (Å²) in [4.78, 5) is 100. The quantitative estimate of drug-likeness (QED) is 0.0172. The van der Waals surface area contributed by atoms with Crippen molar-refractivity contribution in [3.8, 4) is 0 Å². The number of hydrogen-bond donors (Lipinski definition) is 12. The van der Waals surface area contributed by atoms with E-state index in [4.69, 9.17) is 15.3 Å². The number of carbonyl (C=O) groups excluding carboxylic acids is 6. The lowest BCUT2D eigenvalue weighted by Gasteiger charge is -2.38. The zero-order chi connectivity index (χ0) is 50.6. The van der Waals surface area contributed by atoms with Gasteiger partial charge in [0.05, 0.1) is 26.1 Å². The van der Waals surface area contributed by atoms with Gasteiger partial charge in [0.15, 0.2) is 24.5 Å². The average molecular weight is 970 g/mol. The highest BCUT2D eigenvalue weighted by Gasteiger charge is 2.44. The number of nitrogens with one attached hydrogen (secondary N) is 6. The molecule has 2 aromatic heterocycles. The number of imidazole rings is 1. The van der Waals surface area contributed by atoms with Crippen molar-refractivity contribution in [2.75, 3.05) is 32.9 Å². The predicted octanol–water partition coefficient (Wildman–Crippen LogP) is -0.585. The first-order valence-electron chi connectivity index (χ1n) is 23.4. The number of hydroxylamine groups is 1. The van der Waals surface area contributed by atoms with Crippen molar-refractivity contribution >= 4 is 51.8 Å². The Hall–Kier alpha value is -5.46. The molecule has 3 aromatic rings. The lowest BCUT2D eigenvalue weighted by Crippen LogP contribution is -2.58. The van der Waals surface area contributed by atoms with E-state index in [1.165, 1.54) is 19.4 Å². The number of hydrogen-bond acceptors (Lipinski definition) is 16. The number of amides is 3. The summed E-state index contributed by atoms with van der Waals surface area (Å²) in [5.74, 6) is -4.82. The molecule has 1 aromatic carbocycles. The minimum atomic E-state index is -1.67. The van der Waals surface area contributed by atoms with Gasteiger partial charge in [0.1, 0.15) is 48.1 Å². The highest BCUT2D eigenvalue weighted by Crippen LogP contribution is 2.26. The summed E-state index contributed by atoms with van der Waals surface area (Å²) in [5.41, 5.74) is 10.7. The monoisotopic (exact) mass is 970 g/mol. The normalized spacial score (nSPS) is 20.7. The molecule has 22 nitrogen and oxygen atoms in total. The van der Waals surface area contributed by atoms with E-state index in [0.717, 1.165) is 16.5 Å². The van der Waals surface area contributed by atoms with E-state index in [1.807, 2.05) is 51.2 Å². The molecule has 1 fully saturated rings. The number of ether oxygens (including phenoxy) is 1. The highest BCUT2D eigenvalue weighted by atomic mass is 16.6. The number of rotatable bonds is 30. The number of H-pyrrole nitrogens is 2. The number of aliphatic imine (C=N–C) groups is 1. The minimum Gasteiger partial charge on any atom is -0.394 e. The van der Waals surface area contributed by atoms with Crippen molar-refractivity contribution in [1.82, 2.24) is 36.4 Å². The zero-order valence-corrected chi connectivity index (χ0v) is 39.8. The molecule has 382 valence electrons. The lowest BCUT2D eigenvalue weighted by atomic mass is 9.85. The van der Waals surface area contributed by atoms with Gasteiger partial charge in [-0.05, 0) is 62.6 Å². The number of Topliss-reactive ketones (excluding diaryl/α,β-unsaturated/α-hetero) is 3. The molecular formula is C47H71N9O13. The SMILES string of the molecule is CC(=NC1C(O)OC(CO)C(O)C1O)NOCC(=O)NC(Cc1cnc[nH]1)C(=O)NC(CO)C(=O)CC(CC(C)C)C(=O)NCC(=O)CC(CCCCN)C(=O)CC(C)Cc1c[nH]c2ccccc12. The van der Waals surface area contributed by atoms with Crippen LogP contribution in [0.5, 0.6) is 0 Å². The third-order valence-electron chi connectivity index (χ3n) is 11.9. The van der Waals surface area contributed by atoms with Gasteiger partial charge in [-0.3, -0.25) is 44.1 Å². The Morgan fingerprint density at radius 1 is 0.899 bits per heavy atom. The molecule has 22 heteroatoms. The number of unbranched alkanes of at least 4 members (excludes halogenated alkanes) is 1. The Bertz CT molecular complexity index is 2150. The summed E-state index contributed by atoms with van der Waals surface area (Å²) in [6, 6.07) is 3.80. The van der Waals surface area contributed by atoms with Gasteiger partial charge in [0.2, 0.25) is 17.7 Å². The summed E-state index contributed by atoms with van der Waals surface area (Å²) in [5, 5.41) is 59.0. The molecule has 10 atom stereocenters. The third kappa shape index (κ3) is 17.8. The number of amidine groups is 1. The van der Waals surface area contributed by atoms with Crippen LogP contribution in [0.2, 0.25) is 0 Å². The number of nitrogens with two attached hydrogens (primary N) is 1. The number of aromatic amines is 2. The number of para-hydroxylation sites is 1. The summed E-state index contributed by atoms with van der Waals surface area (Å²) in [7, 11) is 0. The number of nitrogens with zero attached hydrogens (tertiary/aromatic N) is 2. The van der Waals surface area contributed by atoms with E-state index in [9.17, 15) is 54.3 Å². The number of aliphatic hydroxyl groups excluding tert-OH is 5. The van der Waals surface area contributed by atoms with Gasteiger partial charge in [-0.2, -0.15) is 0 Å². The number of aliphatic hydroxyl groups is 5. The van der Waals surface area contributed by atoms with Gasteiger partial charge in [-0.25, -0.2) is 4.98 Å². The fourth-order valence-corrected chi connectivity index (χ4v) is 8.32. The van der Waals surface area contributed by atoms with Gasteiger partial charge in [0.25, 0.3) is 0 Å². The topological polar surface area (TPSA) is 353 Å². The number of carbonyl (C=O) groups is 6. The van der Waals surface area contributed by atoms with Crippen LogP contribution in [0.3, 0.4) is 0 Å². The maximum Gasteiger partial charge on any atom is 0.249 e. The fraction of sp³-hybridized carbons (Fsp3) is 0.617. The van der Waals surface area contributed by atoms with Crippen LogP contribution in [0.4, 0.5) is 0 Å². The predicted molar refractivity (Wildman–Crippen MR) is 252 cm³/mol. The molecule has 0 spiro atoms. The molecule has 13 N–H and O–H groups in total. The van der Waals surface area contributed by atoms with Gasteiger partial charge in [-0.15, -0.1) is 0 Å². The molecule has 0 radical (unpaired) electrons. The molecule has 3 amide bonds. The molecule has 3 heterocycles. The minimum absolute atomic E-state index is 0.0173. The lowest BCUT2D eigenvalue weighted by molar-refractivity contribution is -0.248. The smallest absolute Gasteiger partial charge is 0.249 e. The molecule has 0 aliphatic carbocycles. The van der Waals surface area contributed by atoms with E-state index < -0.39 is 104 Å². The Morgan fingerprint density at radius 3 is 2.33 bits per heavy atom. The van der Waals surface area contributed by atoms with Crippen LogP contribution in [0.1, 0.15) is 83.9 Å². The van der Waals surface area contributed by atoms with Gasteiger partial charge >= 0.3 is 0 Å². The second-order valence-electron chi connectivity index (χ2n) is 18.2. The first-order chi connectivity index (χ1) is 32.9. The second-order valence-corrected chi connectivity index (χ2v) is 18.2. The molecule has 1 aliphatic rings. The summed E-state index contributed by atoms with van der Waals surface area (Å²) in [6.45, 7) is 5.02. The van der Waals surface area contributed by atoms with Crippen molar-refractivity contribution in [3.63, 3.8) is 0 Å². The van der Waals surface area contributed by atoms with Crippen molar-refractivity contribution in [2.24, 2.45) is 34.4 Å². The summed E-state index contributed by atoms with van der Waals surface area (Å²) in [6.07, 6.45) is 1.17. The van der Waals surface area contributed by atoms with Gasteiger partial charge in [0, 0.05) is 66.5 Å². The molecule has 69 heavy (non-hydrogen) atoms. The van der Waals surface area contributed by atoms with Crippen LogP contribution in [0.15, 0.2) is 48.0 Å². The van der Waals surface area contributed by atoms with Crippen LogP contribution in [0, 0.1) is 23.7 Å². The maximum absolute atomic E-state index is 13.7. The van der Waals surface area contributed by atoms with Crippen molar-refractivity contribution in [2.45, 2.75) is 128 Å². The number of aromatic nitrogens is 3. The largest absolute Gasteiger partial charge is 0.394 e. The van der Waals surface area contributed by atoms with Crippen LogP contribution >= 0.6 is 0 Å². The number of ketones is 3. The number of fused-ring (bicyclic) bond motifs is 1. The molecule has 1 saturated heterocycles. The Labute approximate surface area is 400 Å². The molecule has 4 rings (SSSR count). The van der Waals surface area contributed by atoms with Crippen LogP contribution in [-0.2, 0) is 51.2 Å². The fourth-order valence-electron chi connectivity index (χ4n) is 8.32. The zero-order valence-electron chi connectivity index (χ0n) is 39.8. The first kappa shape index (κ1) is 56.1. The standard InChI is InChI=1S/C47H71N9O13/c1-26(2)13-30(45(65)51-21-33(59)16-29(9-7-8-12-48)38(60)15-27(3)14-31-19-50-35-11-6-5-10-34(31)35)17-39(61)37(22-57)55-46(66)36(18-32-20-49-25-52-32)54-41(62)24-68-56-28(4)53-42-44(64)43(63)40(23-58)69-47(42)67/h5-6,10-11,19-20,25-27,29-30,36-37,40,42-44,47,50,57-58,63-64,67H,7-9,12-18,21-24,48H2,1-4H3,(H,49,52)(H,51,65)(H,53,56)(H,54,62)(H,55,66). The van der Waals surface area contributed by atoms with Crippen molar-refractivity contribution < 1.29 is 63.9 Å². The first-order valence-corrected chi connectivity index (χ1v) is 23.4. The third-order valence-corrected chi connectivity index (χ3v) is 11.9. The molecule has 0 saturated carbocycles. The maximum atomic E-state index is 13.7. The van der Waals surface area contributed by atoms with Crippen molar-refractivity contribution in [3.05, 3.63) is 54.2 Å². The average Bonchev–Trinajstić information content (AvgIpc) is 3.99.